The van der Waals surface area contributed by atoms with Crippen LogP contribution in [0, 0.1) is 11.3 Å². The van der Waals surface area contributed by atoms with Crippen molar-refractivity contribution in [2.45, 2.75) is 32.6 Å². The van der Waals surface area contributed by atoms with Crippen molar-refractivity contribution in [3.63, 3.8) is 0 Å². The Kier molecular flexibility index (Phi) is 4.38. The Morgan fingerprint density at radius 3 is 2.80 bits per heavy atom. The van der Waals surface area contributed by atoms with Crippen LogP contribution in [-0.4, -0.2) is 24.1 Å². The Hall–Kier alpha value is -1.27. The molecule has 3 heteroatoms. The highest BCUT2D eigenvalue weighted by molar-refractivity contribution is 5.28. The number of nitrogens with zero attached hydrogens (tertiary/aromatic N) is 3. The zero-order chi connectivity index (χ0) is 11.3. The molecule has 0 amide bonds. The second-order valence-electron chi connectivity index (χ2n) is 3.99. The molecule has 1 aliphatic heterocycles. The van der Waals surface area contributed by atoms with Gasteiger partial charge in [0.2, 0.25) is 0 Å². The molecule has 1 rings (SSSR count). The van der Waals surface area contributed by atoms with Gasteiger partial charge in [0.05, 0.1) is 0 Å². The number of hydrogen-bond donors (Lipinski definition) is 0. The molecule has 0 aromatic carbocycles. The molecule has 0 saturated heterocycles. The fourth-order valence-corrected chi connectivity index (χ4v) is 1.61. The number of rotatable bonds is 4. The van der Waals surface area contributed by atoms with Crippen LogP contribution in [0.2, 0.25) is 0 Å². The van der Waals surface area contributed by atoms with Gasteiger partial charge in [-0.15, -0.1) is 0 Å². The third kappa shape index (κ3) is 3.10. The summed E-state index contributed by atoms with van der Waals surface area (Å²) in [6.45, 7) is 2.20. The molecule has 0 saturated carbocycles. The predicted octanol–water partition coefficient (Wildman–Crippen LogP) is 2.65. The van der Waals surface area contributed by atoms with E-state index in [0.29, 0.717) is 0 Å². The van der Waals surface area contributed by atoms with Crippen LogP contribution in [0.15, 0.2) is 23.5 Å². The minimum absolute atomic E-state index is 0.722. The maximum Gasteiger partial charge on any atom is 0.131 e. The SMILES string of the molecule is CCCCC1=CN(N(C)C)C(C#N)=CC1. The third-order valence-corrected chi connectivity index (χ3v) is 2.51. The van der Waals surface area contributed by atoms with Crippen molar-refractivity contribution in [1.82, 2.24) is 10.0 Å². The van der Waals surface area contributed by atoms with Gasteiger partial charge in [0, 0.05) is 20.3 Å². The van der Waals surface area contributed by atoms with Gasteiger partial charge >= 0.3 is 0 Å². The Balaban J connectivity index is 2.70. The Labute approximate surface area is 92.3 Å². The van der Waals surface area contributed by atoms with Crippen molar-refractivity contribution in [2.75, 3.05) is 14.1 Å². The number of unbranched alkanes of at least 4 members (excludes halogenated alkanes) is 1. The van der Waals surface area contributed by atoms with E-state index in [1.807, 2.05) is 30.2 Å². The van der Waals surface area contributed by atoms with Gasteiger partial charge in [-0.3, -0.25) is 5.01 Å². The van der Waals surface area contributed by atoms with Crippen molar-refractivity contribution < 1.29 is 0 Å². The summed E-state index contributed by atoms with van der Waals surface area (Å²) >= 11 is 0. The number of hydrazine groups is 1. The molecule has 15 heavy (non-hydrogen) atoms. The molecular formula is C12H19N3. The van der Waals surface area contributed by atoms with Crippen molar-refractivity contribution in [3.8, 4) is 6.07 Å². The molecule has 82 valence electrons. The summed E-state index contributed by atoms with van der Waals surface area (Å²) in [6, 6.07) is 2.21. The Bertz CT molecular complexity index is 307. The molecule has 0 unspecified atom stereocenters. The zero-order valence-electron chi connectivity index (χ0n) is 9.82. The lowest BCUT2D eigenvalue weighted by Gasteiger charge is -2.30. The first-order chi connectivity index (χ1) is 7.19. The molecule has 0 aromatic heterocycles. The first-order valence-corrected chi connectivity index (χ1v) is 5.45. The quantitative estimate of drug-likeness (QED) is 0.706. The fraction of sp³-hybridized carbons (Fsp3) is 0.583. The van der Waals surface area contributed by atoms with Gasteiger partial charge < -0.3 is 0 Å². The Morgan fingerprint density at radius 2 is 2.27 bits per heavy atom. The first kappa shape index (κ1) is 11.8. The molecule has 1 aliphatic rings. The maximum absolute atomic E-state index is 8.96. The van der Waals surface area contributed by atoms with E-state index in [1.165, 1.54) is 18.4 Å². The second-order valence-corrected chi connectivity index (χ2v) is 3.99. The lowest BCUT2D eigenvalue weighted by molar-refractivity contribution is 0.127. The molecule has 0 spiro atoms. The molecule has 0 bridgehead atoms. The van der Waals surface area contributed by atoms with E-state index in [-0.39, 0.29) is 0 Å². The maximum atomic E-state index is 8.96. The average molecular weight is 205 g/mol. The van der Waals surface area contributed by atoms with Gasteiger partial charge in [0.1, 0.15) is 11.8 Å². The van der Waals surface area contributed by atoms with Crippen molar-refractivity contribution in [2.24, 2.45) is 0 Å². The van der Waals surface area contributed by atoms with Gasteiger partial charge in [-0.2, -0.15) is 5.26 Å². The van der Waals surface area contributed by atoms with E-state index in [1.54, 1.807) is 0 Å². The van der Waals surface area contributed by atoms with Crippen molar-refractivity contribution >= 4 is 0 Å². The van der Waals surface area contributed by atoms with Crippen LogP contribution in [0.4, 0.5) is 0 Å². The molecule has 0 aromatic rings. The van der Waals surface area contributed by atoms with Gasteiger partial charge in [-0.05, 0) is 30.9 Å². The summed E-state index contributed by atoms with van der Waals surface area (Å²) in [5.74, 6) is 0. The van der Waals surface area contributed by atoms with E-state index in [9.17, 15) is 0 Å². The highest BCUT2D eigenvalue weighted by Crippen LogP contribution is 2.22. The van der Waals surface area contributed by atoms with Gasteiger partial charge in [-0.1, -0.05) is 13.3 Å². The molecule has 3 nitrogen and oxygen atoms in total. The van der Waals surface area contributed by atoms with Crippen LogP contribution in [0.1, 0.15) is 32.6 Å². The smallest absolute Gasteiger partial charge is 0.131 e. The molecule has 0 radical (unpaired) electrons. The Morgan fingerprint density at radius 1 is 1.53 bits per heavy atom. The first-order valence-electron chi connectivity index (χ1n) is 5.45. The van der Waals surface area contributed by atoms with E-state index >= 15 is 0 Å². The number of nitriles is 1. The van der Waals surface area contributed by atoms with E-state index < -0.39 is 0 Å². The minimum Gasteiger partial charge on any atom is -0.272 e. The minimum atomic E-state index is 0.722. The fourth-order valence-electron chi connectivity index (χ4n) is 1.61. The number of allylic oxidation sites excluding steroid dienone is 3. The van der Waals surface area contributed by atoms with E-state index in [2.05, 4.69) is 19.2 Å². The summed E-state index contributed by atoms with van der Waals surface area (Å²) in [6.07, 6.45) is 8.60. The van der Waals surface area contributed by atoms with Gasteiger partial charge in [0.25, 0.3) is 0 Å². The normalized spacial score (nSPS) is 16.1. The lowest BCUT2D eigenvalue weighted by Crippen LogP contribution is -2.32. The van der Waals surface area contributed by atoms with Crippen molar-refractivity contribution in [3.05, 3.63) is 23.5 Å². The predicted molar refractivity (Wildman–Crippen MR) is 61.4 cm³/mol. The molecule has 0 aliphatic carbocycles. The van der Waals surface area contributed by atoms with Crippen LogP contribution in [0.3, 0.4) is 0 Å². The molecule has 0 fully saturated rings. The van der Waals surface area contributed by atoms with E-state index in [0.717, 1.165) is 18.5 Å². The molecule has 1 heterocycles. The lowest BCUT2D eigenvalue weighted by atomic mass is 10.0. The summed E-state index contributed by atoms with van der Waals surface area (Å²) in [5.41, 5.74) is 2.13. The largest absolute Gasteiger partial charge is 0.272 e. The average Bonchev–Trinajstić information content (AvgIpc) is 2.25. The monoisotopic (exact) mass is 205 g/mol. The summed E-state index contributed by atoms with van der Waals surface area (Å²) in [7, 11) is 3.90. The topological polar surface area (TPSA) is 30.3 Å². The molecule has 0 N–H and O–H groups in total. The molecular weight excluding hydrogens is 186 g/mol. The summed E-state index contributed by atoms with van der Waals surface area (Å²) in [5, 5.41) is 12.8. The van der Waals surface area contributed by atoms with Gasteiger partial charge in [-0.25, -0.2) is 5.01 Å². The van der Waals surface area contributed by atoms with Crippen molar-refractivity contribution in [1.29, 1.82) is 5.26 Å². The van der Waals surface area contributed by atoms with E-state index in [4.69, 9.17) is 5.26 Å². The van der Waals surface area contributed by atoms with Crippen LogP contribution in [0.5, 0.6) is 0 Å². The third-order valence-electron chi connectivity index (χ3n) is 2.51. The summed E-state index contributed by atoms with van der Waals surface area (Å²) < 4.78 is 0. The van der Waals surface area contributed by atoms with Gasteiger partial charge in [0.15, 0.2) is 0 Å². The van der Waals surface area contributed by atoms with Crippen LogP contribution in [0.25, 0.3) is 0 Å². The van der Waals surface area contributed by atoms with Crippen LogP contribution in [-0.2, 0) is 0 Å². The standard InChI is InChI=1S/C12H19N3/c1-4-5-6-11-7-8-12(9-13)15(10-11)14(2)3/h8,10H,4-7H2,1-3H3. The summed E-state index contributed by atoms with van der Waals surface area (Å²) in [4.78, 5) is 0. The zero-order valence-corrected chi connectivity index (χ0v) is 9.82. The highest BCUT2D eigenvalue weighted by Gasteiger charge is 2.14. The highest BCUT2D eigenvalue weighted by atomic mass is 15.6. The van der Waals surface area contributed by atoms with Crippen LogP contribution < -0.4 is 0 Å². The second kappa shape index (κ2) is 5.57. The van der Waals surface area contributed by atoms with Crippen LogP contribution >= 0.6 is 0 Å². The molecule has 0 atom stereocenters. The number of hydrogen-bond acceptors (Lipinski definition) is 3.